The summed E-state index contributed by atoms with van der Waals surface area (Å²) in [4.78, 5) is 15.5. The van der Waals surface area contributed by atoms with Crippen LogP contribution in [0, 0.1) is 5.82 Å². The van der Waals surface area contributed by atoms with Gasteiger partial charge in [-0.1, -0.05) is 30.3 Å². The minimum absolute atomic E-state index is 0.0913. The zero-order valence-electron chi connectivity index (χ0n) is 8.56. The average Bonchev–Trinajstić information content (AvgIpc) is 2.31. The highest BCUT2D eigenvalue weighted by Crippen LogP contribution is 2.08. The molecular weight excluding hydrogens is 205 g/mol. The van der Waals surface area contributed by atoms with Crippen LogP contribution in [0.25, 0.3) is 0 Å². The van der Waals surface area contributed by atoms with Gasteiger partial charge in [-0.15, -0.1) is 0 Å². The number of ketones is 1. The van der Waals surface area contributed by atoms with Crippen molar-refractivity contribution in [3.63, 3.8) is 0 Å². The van der Waals surface area contributed by atoms with Gasteiger partial charge in [0.1, 0.15) is 5.69 Å². The summed E-state index contributed by atoms with van der Waals surface area (Å²) in [5.74, 6) is -0.868. The molecule has 0 N–H and O–H groups in total. The van der Waals surface area contributed by atoms with Gasteiger partial charge in [0.05, 0.1) is 0 Å². The van der Waals surface area contributed by atoms with Crippen molar-refractivity contribution in [1.29, 1.82) is 0 Å². The van der Waals surface area contributed by atoms with Crippen LogP contribution >= 0.6 is 0 Å². The van der Waals surface area contributed by atoms with Crippen LogP contribution in [-0.4, -0.2) is 10.8 Å². The van der Waals surface area contributed by atoms with Gasteiger partial charge in [0, 0.05) is 12.6 Å². The lowest BCUT2D eigenvalue weighted by molar-refractivity contribution is 0.0984. The third-order valence-electron chi connectivity index (χ3n) is 2.23. The van der Waals surface area contributed by atoms with E-state index in [1.165, 1.54) is 18.3 Å². The number of rotatable bonds is 3. The average molecular weight is 215 g/mol. The third-order valence-corrected chi connectivity index (χ3v) is 2.23. The van der Waals surface area contributed by atoms with Gasteiger partial charge in [-0.25, -0.2) is 4.39 Å². The molecule has 1 aromatic carbocycles. The number of Topliss-reactive ketones (excluding diaryl/α,β-unsaturated/α-hetero) is 1. The molecule has 0 radical (unpaired) electrons. The minimum Gasteiger partial charge on any atom is -0.292 e. The molecule has 0 amide bonds. The molecule has 16 heavy (non-hydrogen) atoms. The number of hydrogen-bond donors (Lipinski definition) is 0. The largest absolute Gasteiger partial charge is 0.292 e. The Labute approximate surface area is 92.8 Å². The molecule has 0 unspecified atom stereocenters. The summed E-state index contributed by atoms with van der Waals surface area (Å²) in [6.07, 6.45) is 1.59. The van der Waals surface area contributed by atoms with Crippen LogP contribution in [0.5, 0.6) is 0 Å². The fraction of sp³-hybridized carbons (Fsp3) is 0.0769. The van der Waals surface area contributed by atoms with Crippen molar-refractivity contribution >= 4 is 5.78 Å². The highest BCUT2D eigenvalue weighted by atomic mass is 19.1. The second kappa shape index (κ2) is 4.66. The summed E-state index contributed by atoms with van der Waals surface area (Å²) in [5.41, 5.74) is 0.768. The Morgan fingerprint density at radius 3 is 2.56 bits per heavy atom. The van der Waals surface area contributed by atoms with Gasteiger partial charge in [-0.2, -0.15) is 0 Å². The summed E-state index contributed by atoms with van der Waals surface area (Å²) >= 11 is 0. The lowest BCUT2D eigenvalue weighted by Crippen LogP contribution is -2.08. The lowest BCUT2D eigenvalue weighted by atomic mass is 10.1. The van der Waals surface area contributed by atoms with E-state index in [0.717, 1.165) is 5.56 Å². The monoisotopic (exact) mass is 215 g/mol. The first-order valence-electron chi connectivity index (χ1n) is 4.95. The van der Waals surface area contributed by atoms with Crippen LogP contribution in [0.15, 0.2) is 48.7 Å². The van der Waals surface area contributed by atoms with E-state index in [2.05, 4.69) is 4.98 Å². The van der Waals surface area contributed by atoms with Crippen LogP contribution in [-0.2, 0) is 6.42 Å². The molecule has 1 heterocycles. The maximum absolute atomic E-state index is 13.3. The van der Waals surface area contributed by atoms with Crippen LogP contribution in [0.3, 0.4) is 0 Å². The van der Waals surface area contributed by atoms with Crippen molar-refractivity contribution in [2.75, 3.05) is 0 Å². The zero-order valence-corrected chi connectivity index (χ0v) is 8.56. The van der Waals surface area contributed by atoms with Crippen LogP contribution < -0.4 is 0 Å². The first kappa shape index (κ1) is 10.5. The van der Waals surface area contributed by atoms with Crippen molar-refractivity contribution in [3.05, 3.63) is 65.7 Å². The molecule has 0 saturated heterocycles. The number of carbonyl (C=O) groups is 1. The summed E-state index contributed by atoms with van der Waals surface area (Å²) in [7, 11) is 0. The van der Waals surface area contributed by atoms with Crippen molar-refractivity contribution in [2.24, 2.45) is 0 Å². The van der Waals surface area contributed by atoms with Gasteiger partial charge in [0.25, 0.3) is 0 Å². The number of aromatic nitrogens is 1. The molecule has 0 fully saturated rings. The number of benzene rings is 1. The van der Waals surface area contributed by atoms with Gasteiger partial charge in [-0.3, -0.25) is 9.78 Å². The van der Waals surface area contributed by atoms with Crippen LogP contribution in [0.1, 0.15) is 16.1 Å². The van der Waals surface area contributed by atoms with Crippen molar-refractivity contribution in [1.82, 2.24) is 4.98 Å². The van der Waals surface area contributed by atoms with E-state index in [1.807, 2.05) is 30.3 Å². The normalized spacial score (nSPS) is 10.1. The quantitative estimate of drug-likeness (QED) is 0.737. The molecule has 0 spiro atoms. The molecular formula is C13H10FNO. The minimum atomic E-state index is -0.566. The fourth-order valence-electron chi connectivity index (χ4n) is 1.46. The van der Waals surface area contributed by atoms with E-state index in [0.29, 0.717) is 0 Å². The van der Waals surface area contributed by atoms with Gasteiger partial charge in [0.15, 0.2) is 11.6 Å². The van der Waals surface area contributed by atoms with Gasteiger partial charge >= 0.3 is 0 Å². The van der Waals surface area contributed by atoms with Gasteiger partial charge in [-0.05, 0) is 17.7 Å². The topological polar surface area (TPSA) is 30.0 Å². The Bertz CT molecular complexity index is 496. The van der Waals surface area contributed by atoms with Gasteiger partial charge in [0.2, 0.25) is 0 Å². The molecule has 3 heteroatoms. The van der Waals surface area contributed by atoms with Crippen LogP contribution in [0.4, 0.5) is 4.39 Å². The number of halogens is 1. The van der Waals surface area contributed by atoms with E-state index in [9.17, 15) is 9.18 Å². The maximum atomic E-state index is 13.3. The maximum Gasteiger partial charge on any atom is 0.188 e. The number of hydrogen-bond acceptors (Lipinski definition) is 2. The molecule has 0 saturated carbocycles. The third kappa shape index (κ3) is 2.31. The van der Waals surface area contributed by atoms with Gasteiger partial charge < -0.3 is 0 Å². The fourth-order valence-corrected chi connectivity index (χ4v) is 1.46. The molecule has 2 rings (SSSR count). The number of nitrogens with zero attached hydrogens (tertiary/aromatic N) is 1. The summed E-state index contributed by atoms with van der Waals surface area (Å²) in [5, 5.41) is 0. The zero-order chi connectivity index (χ0) is 11.4. The number of pyridine rings is 1. The molecule has 0 aliphatic carbocycles. The van der Waals surface area contributed by atoms with E-state index < -0.39 is 5.82 Å². The molecule has 1 aromatic heterocycles. The van der Waals surface area contributed by atoms with Crippen molar-refractivity contribution in [3.8, 4) is 0 Å². The van der Waals surface area contributed by atoms with Crippen molar-refractivity contribution < 1.29 is 9.18 Å². The standard InChI is InChI=1S/C13H10FNO/c14-11-7-4-8-15-13(11)12(16)9-10-5-2-1-3-6-10/h1-8H,9H2. The predicted octanol–water partition coefficient (Wildman–Crippen LogP) is 2.65. The van der Waals surface area contributed by atoms with E-state index >= 15 is 0 Å². The predicted molar refractivity (Wildman–Crippen MR) is 58.7 cm³/mol. The molecule has 0 bridgehead atoms. The molecule has 80 valence electrons. The SMILES string of the molecule is O=C(Cc1ccccc1)c1ncccc1F. The molecule has 0 atom stereocenters. The Morgan fingerprint density at radius 2 is 1.88 bits per heavy atom. The lowest BCUT2D eigenvalue weighted by Gasteiger charge is -2.01. The Kier molecular flexibility index (Phi) is 3.05. The Morgan fingerprint density at radius 1 is 1.12 bits per heavy atom. The van der Waals surface area contributed by atoms with E-state index in [4.69, 9.17) is 0 Å². The summed E-state index contributed by atoms with van der Waals surface area (Å²) in [6.45, 7) is 0. The van der Waals surface area contributed by atoms with E-state index in [1.54, 1.807) is 0 Å². The highest BCUT2D eigenvalue weighted by Gasteiger charge is 2.12. The summed E-state index contributed by atoms with van der Waals surface area (Å²) < 4.78 is 13.3. The molecule has 0 aliphatic rings. The number of carbonyl (C=O) groups excluding carboxylic acids is 1. The Hall–Kier alpha value is -2.03. The second-order valence-electron chi connectivity index (χ2n) is 3.42. The second-order valence-corrected chi connectivity index (χ2v) is 3.42. The first-order valence-corrected chi connectivity index (χ1v) is 4.95. The Balaban J connectivity index is 2.19. The molecule has 0 aliphatic heterocycles. The smallest absolute Gasteiger partial charge is 0.188 e. The van der Waals surface area contributed by atoms with E-state index in [-0.39, 0.29) is 17.9 Å². The van der Waals surface area contributed by atoms with Crippen LogP contribution in [0.2, 0.25) is 0 Å². The van der Waals surface area contributed by atoms with Crippen molar-refractivity contribution in [2.45, 2.75) is 6.42 Å². The summed E-state index contributed by atoms with van der Waals surface area (Å²) in [6, 6.07) is 11.9. The first-order chi connectivity index (χ1) is 7.77. The molecule has 2 nitrogen and oxygen atoms in total. The molecule has 2 aromatic rings. The highest BCUT2D eigenvalue weighted by molar-refractivity contribution is 5.95.